The molecular formula is C24H23ClN2O4. The number of Topliss-reactive ketones (excluding diaryl/α,β-unsaturated/α-hetero) is 1. The highest BCUT2D eigenvalue weighted by Gasteiger charge is 2.47. The van der Waals surface area contributed by atoms with E-state index in [9.17, 15) is 14.7 Å². The van der Waals surface area contributed by atoms with Crippen LogP contribution in [0.2, 0.25) is 5.02 Å². The van der Waals surface area contributed by atoms with Crippen molar-refractivity contribution in [1.29, 1.82) is 0 Å². The molecule has 0 bridgehead atoms. The van der Waals surface area contributed by atoms with Crippen molar-refractivity contribution in [3.8, 4) is 0 Å². The largest absolute Gasteiger partial charge is 0.507 e. The summed E-state index contributed by atoms with van der Waals surface area (Å²) in [6, 6.07) is 13.6. The van der Waals surface area contributed by atoms with Crippen molar-refractivity contribution >= 4 is 40.0 Å². The first kappa shape index (κ1) is 21.2. The molecule has 31 heavy (non-hydrogen) atoms. The summed E-state index contributed by atoms with van der Waals surface area (Å²) in [7, 11) is 1.59. The predicted molar refractivity (Wildman–Crippen MR) is 120 cm³/mol. The lowest BCUT2D eigenvalue weighted by Crippen LogP contribution is -2.31. The Labute approximate surface area is 185 Å². The number of hydrogen-bond acceptors (Lipinski definition) is 4. The monoisotopic (exact) mass is 438 g/mol. The number of likely N-dealkylation sites (tertiary alicyclic amines) is 1. The Morgan fingerprint density at radius 1 is 1.16 bits per heavy atom. The fourth-order valence-electron chi connectivity index (χ4n) is 4.20. The summed E-state index contributed by atoms with van der Waals surface area (Å²) in [6.45, 7) is 2.70. The molecule has 1 atom stereocenters. The first-order valence-electron chi connectivity index (χ1n) is 10.0. The topological polar surface area (TPSA) is 82.6 Å². The second-order valence-electron chi connectivity index (χ2n) is 7.55. The number of aromatic nitrogens is 1. The molecule has 4 rings (SSSR count). The van der Waals surface area contributed by atoms with Crippen LogP contribution in [0.4, 0.5) is 0 Å². The van der Waals surface area contributed by atoms with Crippen LogP contribution in [0.15, 0.2) is 54.1 Å². The smallest absolute Gasteiger partial charge is 0.295 e. The number of hydrogen-bond donors (Lipinski definition) is 2. The maximum Gasteiger partial charge on any atom is 0.295 e. The van der Waals surface area contributed by atoms with Crippen LogP contribution in [0.3, 0.4) is 0 Å². The number of nitrogens with zero attached hydrogens (tertiary/aromatic N) is 1. The number of aromatic amines is 1. The van der Waals surface area contributed by atoms with E-state index in [-0.39, 0.29) is 11.3 Å². The maximum absolute atomic E-state index is 13.1. The van der Waals surface area contributed by atoms with E-state index >= 15 is 0 Å². The van der Waals surface area contributed by atoms with Crippen molar-refractivity contribution in [3.05, 3.63) is 75.9 Å². The number of ether oxygens (including phenoxy) is 1. The van der Waals surface area contributed by atoms with Gasteiger partial charge in [-0.1, -0.05) is 29.8 Å². The molecule has 1 aliphatic heterocycles. The first-order valence-corrected chi connectivity index (χ1v) is 10.4. The molecular weight excluding hydrogens is 416 g/mol. The number of amides is 1. The third kappa shape index (κ3) is 3.73. The van der Waals surface area contributed by atoms with Crippen molar-refractivity contribution in [2.75, 3.05) is 20.3 Å². The van der Waals surface area contributed by atoms with Gasteiger partial charge in [0.05, 0.1) is 11.6 Å². The van der Waals surface area contributed by atoms with E-state index in [4.69, 9.17) is 16.3 Å². The zero-order valence-corrected chi connectivity index (χ0v) is 18.1. The molecule has 1 saturated heterocycles. The summed E-state index contributed by atoms with van der Waals surface area (Å²) in [6.07, 6.45) is 0.572. The van der Waals surface area contributed by atoms with Gasteiger partial charge in [0.2, 0.25) is 0 Å². The van der Waals surface area contributed by atoms with Crippen LogP contribution in [0.1, 0.15) is 29.3 Å². The van der Waals surface area contributed by atoms with Crippen LogP contribution >= 0.6 is 11.6 Å². The van der Waals surface area contributed by atoms with E-state index in [1.807, 2.05) is 31.2 Å². The number of carbonyl (C=O) groups is 2. The Morgan fingerprint density at radius 2 is 1.87 bits per heavy atom. The van der Waals surface area contributed by atoms with Crippen LogP contribution in [-0.2, 0) is 14.3 Å². The molecule has 0 spiro atoms. The molecule has 1 amide bonds. The second kappa shape index (κ2) is 8.57. The number of benzene rings is 2. The van der Waals surface area contributed by atoms with E-state index in [0.29, 0.717) is 30.2 Å². The van der Waals surface area contributed by atoms with Crippen LogP contribution < -0.4 is 0 Å². The number of aliphatic hydroxyl groups excluding tert-OH is 1. The van der Waals surface area contributed by atoms with Crippen molar-refractivity contribution < 1.29 is 19.4 Å². The molecule has 6 nitrogen and oxygen atoms in total. The lowest BCUT2D eigenvalue weighted by molar-refractivity contribution is -0.140. The number of H-pyrrole nitrogens is 1. The SMILES string of the molecule is COCCCN1C(=O)C(=O)/C(=C(/O)c2ccc(Cl)cc2)C1c1c(C)[nH]c2ccccc12. The van der Waals surface area contributed by atoms with Crippen molar-refractivity contribution in [2.45, 2.75) is 19.4 Å². The van der Waals surface area contributed by atoms with E-state index in [1.165, 1.54) is 4.90 Å². The van der Waals surface area contributed by atoms with Gasteiger partial charge < -0.3 is 19.7 Å². The Kier molecular flexibility index (Phi) is 5.85. The average molecular weight is 439 g/mol. The molecule has 2 aromatic carbocycles. The van der Waals surface area contributed by atoms with Gasteiger partial charge in [-0.15, -0.1) is 0 Å². The highest BCUT2D eigenvalue weighted by molar-refractivity contribution is 6.46. The number of halogens is 1. The van der Waals surface area contributed by atoms with Crippen LogP contribution in [0.25, 0.3) is 16.7 Å². The molecule has 2 heterocycles. The van der Waals surface area contributed by atoms with Crippen molar-refractivity contribution in [1.82, 2.24) is 9.88 Å². The van der Waals surface area contributed by atoms with Crippen LogP contribution in [0.5, 0.6) is 0 Å². The fourth-order valence-corrected chi connectivity index (χ4v) is 4.33. The molecule has 1 unspecified atom stereocenters. The van der Waals surface area contributed by atoms with E-state index < -0.39 is 17.7 Å². The maximum atomic E-state index is 13.1. The minimum atomic E-state index is -0.705. The number of para-hydroxylation sites is 1. The summed E-state index contributed by atoms with van der Waals surface area (Å²) in [5.41, 5.74) is 3.07. The zero-order chi connectivity index (χ0) is 22.1. The molecule has 2 N–H and O–H groups in total. The summed E-state index contributed by atoms with van der Waals surface area (Å²) in [4.78, 5) is 31.0. The molecule has 0 aliphatic carbocycles. The van der Waals surface area contributed by atoms with Gasteiger partial charge in [0.15, 0.2) is 0 Å². The minimum absolute atomic E-state index is 0.0811. The molecule has 1 aliphatic rings. The van der Waals surface area contributed by atoms with E-state index in [2.05, 4.69) is 4.98 Å². The van der Waals surface area contributed by atoms with Gasteiger partial charge in [-0.25, -0.2) is 0 Å². The number of aryl methyl sites for hydroxylation is 1. The highest BCUT2D eigenvalue weighted by atomic mass is 35.5. The summed E-state index contributed by atoms with van der Waals surface area (Å²) >= 11 is 5.98. The van der Waals surface area contributed by atoms with Gasteiger partial charge in [0.25, 0.3) is 11.7 Å². The lowest BCUT2D eigenvalue weighted by atomic mass is 9.93. The van der Waals surface area contributed by atoms with Gasteiger partial charge in [0.1, 0.15) is 5.76 Å². The number of ketones is 1. The van der Waals surface area contributed by atoms with Gasteiger partial charge in [-0.2, -0.15) is 0 Å². The summed E-state index contributed by atoms with van der Waals surface area (Å²) < 4.78 is 5.14. The molecule has 7 heteroatoms. The van der Waals surface area contributed by atoms with Crippen LogP contribution in [-0.4, -0.2) is 46.9 Å². The molecule has 0 radical (unpaired) electrons. The lowest BCUT2D eigenvalue weighted by Gasteiger charge is -2.25. The standard InChI is InChI=1S/C24H23ClN2O4/c1-14-19(17-6-3-4-7-18(17)26-14)21-20(22(28)15-8-10-16(25)11-9-15)23(29)24(30)27(21)12-5-13-31-2/h3-4,6-11,21,26,28H,5,12-13H2,1-2H3/b22-20+. The molecule has 1 aromatic heterocycles. The van der Waals surface area contributed by atoms with Gasteiger partial charge >= 0.3 is 0 Å². The Balaban J connectivity index is 1.92. The van der Waals surface area contributed by atoms with E-state index in [1.54, 1.807) is 31.4 Å². The third-order valence-corrected chi connectivity index (χ3v) is 5.87. The van der Waals surface area contributed by atoms with Crippen molar-refractivity contribution in [3.63, 3.8) is 0 Å². The summed E-state index contributed by atoms with van der Waals surface area (Å²) in [5, 5.41) is 12.5. The van der Waals surface area contributed by atoms with Gasteiger partial charge in [0, 0.05) is 53.0 Å². The quantitative estimate of drug-likeness (QED) is 0.255. The molecule has 3 aromatic rings. The number of nitrogens with one attached hydrogen (secondary N) is 1. The first-order chi connectivity index (χ1) is 14.9. The molecule has 160 valence electrons. The zero-order valence-electron chi connectivity index (χ0n) is 17.3. The second-order valence-corrected chi connectivity index (χ2v) is 7.99. The van der Waals surface area contributed by atoms with Gasteiger partial charge in [-0.05, 0) is 43.7 Å². The van der Waals surface area contributed by atoms with E-state index in [0.717, 1.165) is 22.2 Å². The number of aliphatic hydroxyl groups is 1. The van der Waals surface area contributed by atoms with Crippen molar-refractivity contribution in [2.24, 2.45) is 0 Å². The number of carbonyl (C=O) groups excluding carboxylic acids is 2. The minimum Gasteiger partial charge on any atom is -0.507 e. The Bertz CT molecular complexity index is 1180. The fraction of sp³-hybridized carbons (Fsp3) is 0.250. The molecule has 0 saturated carbocycles. The normalized spacial score (nSPS) is 18.3. The number of fused-ring (bicyclic) bond motifs is 1. The Morgan fingerprint density at radius 3 is 2.58 bits per heavy atom. The Hall–Kier alpha value is -3.09. The van der Waals surface area contributed by atoms with Gasteiger partial charge in [-0.3, -0.25) is 9.59 Å². The predicted octanol–water partition coefficient (Wildman–Crippen LogP) is 4.59. The van der Waals surface area contributed by atoms with Crippen LogP contribution in [0, 0.1) is 6.92 Å². The molecule has 1 fully saturated rings. The number of methoxy groups -OCH3 is 1. The third-order valence-electron chi connectivity index (χ3n) is 5.62. The average Bonchev–Trinajstić information content (AvgIpc) is 3.21. The summed E-state index contributed by atoms with van der Waals surface area (Å²) in [5.74, 6) is -1.53. The highest BCUT2D eigenvalue weighted by Crippen LogP contribution is 2.43. The number of rotatable bonds is 6.